The molecule has 0 aliphatic heterocycles. The van der Waals surface area contributed by atoms with E-state index >= 15 is 0 Å². The van der Waals surface area contributed by atoms with Gasteiger partial charge in [0.15, 0.2) is 0 Å². The topological polar surface area (TPSA) is 21.1 Å². The molecule has 11 rings (SSSR count). The number of aromatic nitrogens is 2. The molecule has 0 radical (unpaired) electrons. The van der Waals surface area contributed by atoms with Crippen LogP contribution in [0.3, 0.4) is 0 Å². The lowest BCUT2D eigenvalue weighted by atomic mass is 9.67. The Morgan fingerprint density at radius 1 is 0.373 bits per heavy atom. The predicted octanol–water partition coefficient (Wildman–Crippen LogP) is 14.2. The lowest BCUT2D eigenvalue weighted by Gasteiger charge is -2.35. The van der Waals surface area contributed by atoms with Crippen LogP contribution in [0.25, 0.3) is 50.4 Å². The van der Waals surface area contributed by atoms with E-state index in [-0.39, 0.29) is 0 Å². The van der Waals surface area contributed by atoms with Gasteiger partial charge in [0.1, 0.15) is 5.82 Å². The molecule has 3 nitrogen and oxygen atoms in total. The van der Waals surface area contributed by atoms with Crippen LogP contribution in [0.1, 0.15) is 22.3 Å². The summed E-state index contributed by atoms with van der Waals surface area (Å²) in [6.45, 7) is 0. The van der Waals surface area contributed by atoms with Gasteiger partial charge in [-0.05, 0) is 117 Å². The summed E-state index contributed by atoms with van der Waals surface area (Å²) in [5, 5.41) is 0. The Labute approximate surface area is 344 Å². The van der Waals surface area contributed by atoms with Gasteiger partial charge in [0.05, 0.1) is 16.4 Å². The fraction of sp³-hybridized carbons (Fsp3) is 0.0179. The molecule has 278 valence electrons. The number of anilines is 3. The Morgan fingerprint density at radius 3 is 1.53 bits per heavy atom. The normalized spacial score (nSPS) is 12.5. The van der Waals surface area contributed by atoms with E-state index in [0.29, 0.717) is 0 Å². The molecule has 1 heterocycles. The summed E-state index contributed by atoms with van der Waals surface area (Å²) in [7, 11) is 0. The Kier molecular flexibility index (Phi) is 8.37. The van der Waals surface area contributed by atoms with Crippen molar-refractivity contribution in [2.75, 3.05) is 4.90 Å². The van der Waals surface area contributed by atoms with Gasteiger partial charge in [-0.15, -0.1) is 0 Å². The molecule has 1 aliphatic carbocycles. The molecule has 3 heteroatoms. The first-order valence-electron chi connectivity index (χ1n) is 20.2. The second kappa shape index (κ2) is 14.3. The number of fused-ring (bicyclic) bond motifs is 4. The molecule has 10 aromatic rings. The number of imidazole rings is 1. The van der Waals surface area contributed by atoms with Crippen molar-refractivity contribution >= 4 is 28.1 Å². The van der Waals surface area contributed by atoms with E-state index in [1.165, 1.54) is 44.5 Å². The Hall–Kier alpha value is -7.75. The van der Waals surface area contributed by atoms with Gasteiger partial charge in [0.2, 0.25) is 0 Å². The predicted molar refractivity (Wildman–Crippen MR) is 244 cm³/mol. The molecular weight excluding hydrogens is 715 g/mol. The molecule has 9 aromatic carbocycles. The van der Waals surface area contributed by atoms with Gasteiger partial charge >= 0.3 is 0 Å². The average Bonchev–Trinajstić information content (AvgIpc) is 3.85. The van der Waals surface area contributed by atoms with Gasteiger partial charge in [-0.2, -0.15) is 0 Å². The third-order valence-electron chi connectivity index (χ3n) is 11.9. The maximum Gasteiger partial charge on any atom is 0.145 e. The SMILES string of the molecule is c1ccc(-c2ccc(N(c3ccc(-c4nc5ccccc5n4-c4ccccc4)cc3)c3ccc4c(c3)C(c3ccccc3)(c3ccccc3)c3ccccc3-4)cc2)cc1. The van der Waals surface area contributed by atoms with Crippen LogP contribution in [0.15, 0.2) is 237 Å². The van der Waals surface area contributed by atoms with Crippen molar-refractivity contribution in [2.45, 2.75) is 5.41 Å². The maximum atomic E-state index is 5.17. The second-order valence-corrected chi connectivity index (χ2v) is 15.1. The Morgan fingerprint density at radius 2 is 0.864 bits per heavy atom. The highest BCUT2D eigenvalue weighted by Crippen LogP contribution is 2.57. The average molecular weight is 754 g/mol. The number of rotatable bonds is 8. The van der Waals surface area contributed by atoms with Crippen molar-refractivity contribution in [1.82, 2.24) is 9.55 Å². The van der Waals surface area contributed by atoms with Crippen LogP contribution in [0.5, 0.6) is 0 Å². The van der Waals surface area contributed by atoms with E-state index in [1.807, 2.05) is 0 Å². The van der Waals surface area contributed by atoms with Crippen molar-refractivity contribution in [1.29, 1.82) is 0 Å². The molecule has 0 spiro atoms. The summed E-state index contributed by atoms with van der Waals surface area (Å²) in [6, 6.07) is 85.3. The Bertz CT molecular complexity index is 3020. The highest BCUT2D eigenvalue weighted by atomic mass is 15.1. The van der Waals surface area contributed by atoms with Crippen LogP contribution in [-0.2, 0) is 5.41 Å². The van der Waals surface area contributed by atoms with Crippen LogP contribution < -0.4 is 4.90 Å². The zero-order valence-corrected chi connectivity index (χ0v) is 32.4. The molecule has 0 amide bonds. The van der Waals surface area contributed by atoms with Crippen molar-refractivity contribution in [2.24, 2.45) is 0 Å². The van der Waals surface area contributed by atoms with Crippen molar-refractivity contribution in [3.05, 3.63) is 259 Å². The summed E-state index contributed by atoms with van der Waals surface area (Å²) in [6.07, 6.45) is 0. The summed E-state index contributed by atoms with van der Waals surface area (Å²) in [4.78, 5) is 7.56. The molecule has 1 aliphatic rings. The summed E-state index contributed by atoms with van der Waals surface area (Å²) in [5.74, 6) is 0.911. The molecule has 0 unspecified atom stereocenters. The van der Waals surface area contributed by atoms with Gasteiger partial charge in [0, 0.05) is 28.3 Å². The van der Waals surface area contributed by atoms with Crippen molar-refractivity contribution in [3.63, 3.8) is 0 Å². The molecule has 0 saturated heterocycles. The first-order valence-corrected chi connectivity index (χ1v) is 20.2. The number of benzene rings is 9. The van der Waals surface area contributed by atoms with Crippen LogP contribution in [0, 0.1) is 0 Å². The molecule has 0 N–H and O–H groups in total. The minimum atomic E-state index is -0.506. The van der Waals surface area contributed by atoms with Crippen molar-refractivity contribution in [3.8, 4) is 39.3 Å². The molecule has 59 heavy (non-hydrogen) atoms. The van der Waals surface area contributed by atoms with E-state index in [4.69, 9.17) is 4.98 Å². The van der Waals surface area contributed by atoms with E-state index in [1.54, 1.807) is 0 Å². The summed E-state index contributed by atoms with van der Waals surface area (Å²) >= 11 is 0. The summed E-state index contributed by atoms with van der Waals surface area (Å²) in [5.41, 5.74) is 16.9. The standard InChI is InChI=1S/C56H39N3/c1-5-17-40(18-6-1)41-29-33-46(34-30-41)58(47-35-31-42(32-36-47)55-57-53-27-15-16-28-54(53)59(55)45-23-11-4-12-24-45)48-37-38-50-49-25-13-14-26-51(49)56(52(50)39-48,43-19-7-2-8-20-43)44-21-9-3-10-22-44/h1-39H. The first kappa shape index (κ1) is 34.5. The van der Waals surface area contributed by atoms with Gasteiger partial charge in [-0.3, -0.25) is 4.57 Å². The molecule has 0 saturated carbocycles. The quantitative estimate of drug-likeness (QED) is 0.154. The third-order valence-corrected chi connectivity index (χ3v) is 11.9. The second-order valence-electron chi connectivity index (χ2n) is 15.1. The highest BCUT2D eigenvalue weighted by molar-refractivity contribution is 5.90. The molecule has 0 fully saturated rings. The number of hydrogen-bond acceptors (Lipinski definition) is 2. The maximum absolute atomic E-state index is 5.17. The van der Waals surface area contributed by atoms with Crippen molar-refractivity contribution < 1.29 is 0 Å². The van der Waals surface area contributed by atoms with Crippen LogP contribution >= 0.6 is 0 Å². The van der Waals surface area contributed by atoms with Crippen LogP contribution in [-0.4, -0.2) is 9.55 Å². The monoisotopic (exact) mass is 753 g/mol. The zero-order valence-electron chi connectivity index (χ0n) is 32.4. The largest absolute Gasteiger partial charge is 0.310 e. The van der Waals surface area contributed by atoms with E-state index in [0.717, 1.165) is 45.2 Å². The van der Waals surface area contributed by atoms with E-state index in [9.17, 15) is 0 Å². The molecule has 1 aromatic heterocycles. The van der Waals surface area contributed by atoms with Gasteiger partial charge in [-0.25, -0.2) is 4.98 Å². The van der Waals surface area contributed by atoms with E-state index < -0.39 is 5.41 Å². The fourth-order valence-electron chi connectivity index (χ4n) is 9.27. The molecular formula is C56H39N3. The molecule has 0 atom stereocenters. The highest BCUT2D eigenvalue weighted by Gasteiger charge is 2.46. The lowest BCUT2D eigenvalue weighted by molar-refractivity contribution is 0.768. The Balaban J connectivity index is 1.10. The molecule has 0 bridgehead atoms. The fourth-order valence-corrected chi connectivity index (χ4v) is 9.27. The number of hydrogen-bond donors (Lipinski definition) is 0. The van der Waals surface area contributed by atoms with Gasteiger partial charge in [0.25, 0.3) is 0 Å². The van der Waals surface area contributed by atoms with Gasteiger partial charge < -0.3 is 4.90 Å². The number of para-hydroxylation sites is 3. The number of nitrogens with zero attached hydrogens (tertiary/aromatic N) is 3. The van der Waals surface area contributed by atoms with Gasteiger partial charge in [-0.1, -0.05) is 164 Å². The summed E-state index contributed by atoms with van der Waals surface area (Å²) < 4.78 is 2.26. The third kappa shape index (κ3) is 5.70. The van der Waals surface area contributed by atoms with Crippen LogP contribution in [0.2, 0.25) is 0 Å². The zero-order chi connectivity index (χ0) is 39.2. The van der Waals surface area contributed by atoms with E-state index in [2.05, 4.69) is 246 Å². The van der Waals surface area contributed by atoms with Crippen LogP contribution in [0.4, 0.5) is 17.1 Å². The first-order chi connectivity index (χ1) is 29.3. The smallest absolute Gasteiger partial charge is 0.145 e. The lowest BCUT2D eigenvalue weighted by Crippen LogP contribution is -2.28. The minimum absolute atomic E-state index is 0.506. The minimum Gasteiger partial charge on any atom is -0.310 e.